The molecule has 0 aliphatic carbocycles. The zero-order valence-corrected chi connectivity index (χ0v) is 23.6. The van der Waals surface area contributed by atoms with Crippen molar-refractivity contribution in [1.82, 2.24) is 0 Å². The summed E-state index contributed by atoms with van der Waals surface area (Å²) in [4.78, 5) is 0. The van der Waals surface area contributed by atoms with Crippen LogP contribution in [0, 0.1) is 0 Å². The highest BCUT2D eigenvalue weighted by molar-refractivity contribution is 7.81. The predicted molar refractivity (Wildman–Crippen MR) is 137 cm³/mol. The molecule has 0 saturated carbocycles. The van der Waals surface area contributed by atoms with Gasteiger partial charge in [-0.1, -0.05) is 126 Å². The Morgan fingerprint density at radius 3 is 1.50 bits per heavy atom. The van der Waals surface area contributed by atoms with Crippen molar-refractivity contribution in [2.75, 3.05) is 6.61 Å². The van der Waals surface area contributed by atoms with E-state index < -0.39 is 37.8 Å². The molecule has 0 aliphatic heterocycles. The van der Waals surface area contributed by atoms with Gasteiger partial charge in [-0.05, 0) is 19.3 Å². The van der Waals surface area contributed by atoms with E-state index in [1.165, 1.54) is 19.3 Å². The average molecular weight is 572 g/mol. The summed E-state index contributed by atoms with van der Waals surface area (Å²) in [6.45, 7) is 1.69. The quantitative estimate of drug-likeness (QED) is 0.0707. The van der Waals surface area contributed by atoms with Crippen molar-refractivity contribution >= 4 is 44.0 Å². The maximum Gasteiger partial charge on any atom is 0.397 e. The first-order valence-electron chi connectivity index (χ1n) is 12.5. The molecule has 8 nitrogen and oxygen atoms in total. The molecule has 0 spiro atoms. The Balaban J connectivity index is 3.79. The van der Waals surface area contributed by atoms with Crippen molar-refractivity contribution < 1.29 is 34.3 Å². The Morgan fingerprint density at radius 1 is 0.676 bits per heavy atom. The molecule has 34 heavy (non-hydrogen) atoms. The highest BCUT2D eigenvalue weighted by Gasteiger charge is 2.26. The zero-order chi connectivity index (χ0) is 25.9. The van der Waals surface area contributed by atoms with Crippen molar-refractivity contribution in [2.24, 2.45) is 0 Å². The molecular weight excluding hydrogens is 527 g/mol. The molecule has 0 aromatic heterocycles. The van der Waals surface area contributed by atoms with E-state index in [4.69, 9.17) is 36.5 Å². The lowest BCUT2D eigenvalue weighted by Crippen LogP contribution is -2.23. The summed E-state index contributed by atoms with van der Waals surface area (Å²) in [6.07, 6.45) is 16.8. The van der Waals surface area contributed by atoms with Crippen LogP contribution in [0.5, 0.6) is 0 Å². The first-order valence-corrected chi connectivity index (χ1v) is 16.0. The first kappa shape index (κ1) is 34.3. The minimum atomic E-state index is -4.55. The van der Waals surface area contributed by atoms with Crippen molar-refractivity contribution in [3.05, 3.63) is 0 Å². The van der Waals surface area contributed by atoms with Crippen LogP contribution in [0.1, 0.15) is 122 Å². The standard InChI is InChI=1S/C22H44Cl2O8S2/c1-2-3-4-5-11-14-17-21(32-34(28,29)30)18-15-12-9-7-6-8-10-13-16-19-22(23,24)20-31-33(25,26)27/h21H,2-20H2,1H3,(H,25,26,27)(H,28,29,30). The number of halogens is 2. The SMILES string of the molecule is CCCCCCCCC(CCCCCCCCCCCC(Cl)(Cl)COS(=O)(=O)O)OS(=O)(=O)O. The van der Waals surface area contributed by atoms with Gasteiger partial charge >= 0.3 is 20.8 Å². The Kier molecular flexibility index (Phi) is 19.6. The number of unbranched alkanes of at least 4 members (excludes halogenated alkanes) is 13. The minimum Gasteiger partial charge on any atom is -0.264 e. The topological polar surface area (TPSA) is 127 Å². The van der Waals surface area contributed by atoms with Gasteiger partial charge in [0.15, 0.2) is 0 Å². The second-order valence-corrected chi connectivity index (χ2v) is 12.7. The van der Waals surface area contributed by atoms with Gasteiger partial charge in [0.1, 0.15) is 10.9 Å². The molecule has 0 heterocycles. The number of hydrogen-bond acceptors (Lipinski definition) is 6. The van der Waals surface area contributed by atoms with Gasteiger partial charge in [0.2, 0.25) is 0 Å². The van der Waals surface area contributed by atoms with E-state index in [0.717, 1.165) is 77.0 Å². The molecule has 0 rings (SSSR count). The van der Waals surface area contributed by atoms with E-state index in [1.807, 2.05) is 0 Å². The highest BCUT2D eigenvalue weighted by atomic mass is 35.5. The third kappa shape index (κ3) is 25.4. The lowest BCUT2D eigenvalue weighted by Gasteiger charge is -2.17. The zero-order valence-electron chi connectivity index (χ0n) is 20.4. The normalized spacial score (nSPS) is 13.9. The molecule has 0 aromatic rings. The van der Waals surface area contributed by atoms with Crippen molar-refractivity contribution in [1.29, 1.82) is 0 Å². The first-order chi connectivity index (χ1) is 15.8. The van der Waals surface area contributed by atoms with E-state index in [2.05, 4.69) is 11.1 Å². The van der Waals surface area contributed by atoms with Crippen LogP contribution in [0.15, 0.2) is 0 Å². The lowest BCUT2D eigenvalue weighted by atomic mass is 10.0. The van der Waals surface area contributed by atoms with E-state index in [1.54, 1.807) is 0 Å². The van der Waals surface area contributed by atoms with Crippen LogP contribution in [-0.4, -0.2) is 43.0 Å². The lowest BCUT2D eigenvalue weighted by molar-refractivity contribution is 0.157. The monoisotopic (exact) mass is 570 g/mol. The van der Waals surface area contributed by atoms with Gasteiger partial charge in [0.25, 0.3) is 0 Å². The third-order valence-corrected chi connectivity index (χ3v) is 7.15. The summed E-state index contributed by atoms with van der Waals surface area (Å²) < 4.78 is 68.7. The molecular formula is C22H44Cl2O8S2. The Labute approximate surface area is 217 Å². The molecule has 1 unspecified atom stereocenters. The van der Waals surface area contributed by atoms with E-state index in [-0.39, 0.29) is 0 Å². The van der Waals surface area contributed by atoms with Crippen molar-refractivity contribution in [3.63, 3.8) is 0 Å². The molecule has 0 amide bonds. The highest BCUT2D eigenvalue weighted by Crippen LogP contribution is 2.29. The van der Waals surface area contributed by atoms with Crippen molar-refractivity contribution in [3.8, 4) is 0 Å². The van der Waals surface area contributed by atoms with Gasteiger partial charge in [-0.2, -0.15) is 16.8 Å². The van der Waals surface area contributed by atoms with Gasteiger partial charge in [0, 0.05) is 0 Å². The molecule has 0 saturated heterocycles. The Bertz CT molecular complexity index is 700. The van der Waals surface area contributed by atoms with Crippen LogP contribution in [0.2, 0.25) is 0 Å². The average Bonchev–Trinajstić information content (AvgIpc) is 2.71. The predicted octanol–water partition coefficient (Wildman–Crippen LogP) is 7.21. The molecule has 0 radical (unpaired) electrons. The number of alkyl halides is 2. The fourth-order valence-electron chi connectivity index (χ4n) is 3.79. The van der Waals surface area contributed by atoms with Crippen molar-refractivity contribution in [2.45, 2.75) is 133 Å². The fraction of sp³-hybridized carbons (Fsp3) is 1.00. The number of hydrogen-bond donors (Lipinski definition) is 2. The summed E-state index contributed by atoms with van der Waals surface area (Å²) in [5.74, 6) is 0. The van der Waals surface area contributed by atoms with Gasteiger partial charge < -0.3 is 0 Å². The summed E-state index contributed by atoms with van der Waals surface area (Å²) >= 11 is 11.9. The minimum absolute atomic E-state index is 0.372. The molecule has 0 bridgehead atoms. The van der Waals surface area contributed by atoms with E-state index >= 15 is 0 Å². The van der Waals surface area contributed by atoms with Crippen LogP contribution < -0.4 is 0 Å². The van der Waals surface area contributed by atoms with Gasteiger partial charge in [-0.15, -0.1) is 0 Å². The maximum absolute atomic E-state index is 11.1. The molecule has 12 heteroatoms. The van der Waals surface area contributed by atoms with Gasteiger partial charge in [-0.3, -0.25) is 9.11 Å². The summed E-state index contributed by atoms with van der Waals surface area (Å²) in [7, 11) is -8.96. The maximum atomic E-state index is 11.1. The third-order valence-electron chi connectivity index (χ3n) is 5.62. The molecule has 0 aromatic carbocycles. The van der Waals surface area contributed by atoms with E-state index in [9.17, 15) is 16.8 Å². The van der Waals surface area contributed by atoms with Crippen LogP contribution >= 0.6 is 23.2 Å². The van der Waals surface area contributed by atoms with Gasteiger partial charge in [-0.25, -0.2) is 8.37 Å². The Morgan fingerprint density at radius 2 is 1.09 bits per heavy atom. The fourth-order valence-corrected chi connectivity index (χ4v) is 5.18. The van der Waals surface area contributed by atoms with Crippen LogP contribution in [-0.2, 0) is 29.2 Å². The van der Waals surface area contributed by atoms with Gasteiger partial charge in [0.05, 0.1) is 6.10 Å². The van der Waals surface area contributed by atoms with Crippen LogP contribution in [0.25, 0.3) is 0 Å². The van der Waals surface area contributed by atoms with Crippen LogP contribution in [0.3, 0.4) is 0 Å². The summed E-state index contributed by atoms with van der Waals surface area (Å²) in [5, 5.41) is 0. The molecule has 2 N–H and O–H groups in total. The Hall–Kier alpha value is 0.320. The van der Waals surface area contributed by atoms with E-state index in [0.29, 0.717) is 19.3 Å². The molecule has 0 fully saturated rings. The second kappa shape index (κ2) is 19.4. The molecule has 0 aliphatic rings. The summed E-state index contributed by atoms with van der Waals surface area (Å²) in [6, 6.07) is 0. The largest absolute Gasteiger partial charge is 0.397 e. The second-order valence-electron chi connectivity index (χ2n) is 8.97. The molecule has 1 atom stereocenters. The van der Waals surface area contributed by atoms with Crippen LogP contribution in [0.4, 0.5) is 0 Å². The molecule has 206 valence electrons. The smallest absolute Gasteiger partial charge is 0.264 e. The number of rotatable bonds is 24. The summed E-state index contributed by atoms with van der Waals surface area (Å²) in [5.41, 5.74) is 0.